The van der Waals surface area contributed by atoms with Crippen molar-refractivity contribution < 1.29 is 9.48 Å². The van der Waals surface area contributed by atoms with Crippen molar-refractivity contribution in [2.75, 3.05) is 26.2 Å². The van der Waals surface area contributed by atoms with Gasteiger partial charge in [-0.25, -0.2) is 4.84 Å². The summed E-state index contributed by atoms with van der Waals surface area (Å²) in [5.74, 6) is 0. The molecular formula is C11H26NO+. The van der Waals surface area contributed by atoms with Gasteiger partial charge in [-0.15, -0.1) is 0 Å². The predicted molar refractivity (Wildman–Crippen MR) is 57.4 cm³/mol. The molecule has 0 heterocycles. The Hall–Kier alpha value is -0.0800. The molecule has 0 aliphatic carbocycles. The van der Waals surface area contributed by atoms with Gasteiger partial charge >= 0.3 is 0 Å². The lowest BCUT2D eigenvalue weighted by Crippen LogP contribution is -2.47. The summed E-state index contributed by atoms with van der Waals surface area (Å²) in [6.07, 6.45) is 3.77. The number of quaternary nitrogens is 1. The molecule has 0 aromatic carbocycles. The van der Waals surface area contributed by atoms with E-state index in [-0.39, 0.29) is 0 Å². The Morgan fingerprint density at radius 2 is 1.38 bits per heavy atom. The summed E-state index contributed by atoms with van der Waals surface area (Å²) in [6, 6.07) is 0. The van der Waals surface area contributed by atoms with Crippen molar-refractivity contribution in [2.45, 2.75) is 47.0 Å². The van der Waals surface area contributed by atoms with E-state index in [1.807, 2.05) is 0 Å². The number of hydrogen-bond acceptors (Lipinski definition) is 1. The number of hydrogen-bond donors (Lipinski definition) is 0. The fourth-order valence-corrected chi connectivity index (χ4v) is 1.55. The average Bonchev–Trinajstić information content (AvgIpc) is 2.20. The Bertz CT molecular complexity index is 102. The third kappa shape index (κ3) is 4.63. The topological polar surface area (TPSA) is 9.23 Å². The SMILES string of the molecule is CCCCCO[N+](CC)(CC)CC. The maximum absolute atomic E-state index is 5.92. The molecule has 0 saturated carbocycles. The molecular weight excluding hydrogens is 162 g/mol. The van der Waals surface area contributed by atoms with Crippen molar-refractivity contribution in [3.63, 3.8) is 0 Å². The smallest absolute Gasteiger partial charge is 0.106 e. The lowest BCUT2D eigenvalue weighted by molar-refractivity contribution is -1.10. The van der Waals surface area contributed by atoms with E-state index in [9.17, 15) is 0 Å². The highest BCUT2D eigenvalue weighted by atomic mass is 16.7. The zero-order valence-electron chi connectivity index (χ0n) is 9.81. The first-order chi connectivity index (χ1) is 6.24. The molecule has 0 radical (unpaired) electrons. The van der Waals surface area contributed by atoms with Crippen molar-refractivity contribution in [3.05, 3.63) is 0 Å². The highest BCUT2D eigenvalue weighted by Crippen LogP contribution is 2.08. The van der Waals surface area contributed by atoms with Gasteiger partial charge < -0.3 is 0 Å². The minimum absolute atomic E-state index is 0.823. The summed E-state index contributed by atoms with van der Waals surface area (Å²) in [6.45, 7) is 13.0. The average molecular weight is 188 g/mol. The molecule has 0 aromatic rings. The highest BCUT2D eigenvalue weighted by Gasteiger charge is 2.21. The van der Waals surface area contributed by atoms with Gasteiger partial charge in [0.15, 0.2) is 0 Å². The van der Waals surface area contributed by atoms with Crippen LogP contribution in [0, 0.1) is 0 Å². The normalized spacial score (nSPS) is 12.0. The fourth-order valence-electron chi connectivity index (χ4n) is 1.55. The van der Waals surface area contributed by atoms with Gasteiger partial charge in [-0.1, -0.05) is 19.8 Å². The molecule has 0 amide bonds. The Morgan fingerprint density at radius 1 is 0.846 bits per heavy atom. The Morgan fingerprint density at radius 3 is 1.77 bits per heavy atom. The maximum Gasteiger partial charge on any atom is 0.106 e. The van der Waals surface area contributed by atoms with Crippen molar-refractivity contribution in [1.29, 1.82) is 0 Å². The molecule has 0 spiro atoms. The van der Waals surface area contributed by atoms with Crippen LogP contribution in [0.1, 0.15) is 47.0 Å². The summed E-state index contributed by atoms with van der Waals surface area (Å²) in [5.41, 5.74) is 0. The summed E-state index contributed by atoms with van der Waals surface area (Å²) >= 11 is 0. The Labute approximate surface area is 83.4 Å². The Kier molecular flexibility index (Phi) is 7.29. The van der Waals surface area contributed by atoms with Gasteiger partial charge in [-0.3, -0.25) is 0 Å². The molecule has 0 unspecified atom stereocenters. The van der Waals surface area contributed by atoms with E-state index < -0.39 is 0 Å². The van der Waals surface area contributed by atoms with E-state index in [4.69, 9.17) is 4.84 Å². The van der Waals surface area contributed by atoms with Crippen LogP contribution < -0.4 is 0 Å². The van der Waals surface area contributed by atoms with Crippen molar-refractivity contribution >= 4 is 0 Å². The minimum Gasteiger partial charge on any atom is -0.203 e. The second kappa shape index (κ2) is 7.34. The van der Waals surface area contributed by atoms with Gasteiger partial charge in [0.05, 0.1) is 0 Å². The second-order valence-corrected chi connectivity index (χ2v) is 3.55. The molecule has 0 atom stereocenters. The Balaban J connectivity index is 3.68. The minimum atomic E-state index is 0.823. The highest BCUT2D eigenvalue weighted by molar-refractivity contribution is 4.34. The van der Waals surface area contributed by atoms with Crippen LogP contribution >= 0.6 is 0 Å². The summed E-state index contributed by atoms with van der Waals surface area (Å²) < 4.78 is 0.823. The van der Waals surface area contributed by atoms with Crippen LogP contribution in [0.25, 0.3) is 0 Å². The van der Waals surface area contributed by atoms with E-state index in [2.05, 4.69) is 27.7 Å². The first-order valence-electron chi connectivity index (χ1n) is 5.75. The third-order valence-corrected chi connectivity index (χ3v) is 2.84. The zero-order valence-corrected chi connectivity index (χ0v) is 9.81. The molecule has 80 valence electrons. The first-order valence-corrected chi connectivity index (χ1v) is 5.75. The molecule has 0 aliphatic rings. The van der Waals surface area contributed by atoms with E-state index in [0.717, 1.165) is 30.9 Å². The largest absolute Gasteiger partial charge is 0.203 e. The molecule has 0 aromatic heterocycles. The van der Waals surface area contributed by atoms with Gasteiger partial charge in [0.25, 0.3) is 0 Å². The monoisotopic (exact) mass is 188 g/mol. The molecule has 2 heteroatoms. The molecule has 0 aliphatic heterocycles. The van der Waals surface area contributed by atoms with Gasteiger partial charge in [0.1, 0.15) is 26.2 Å². The molecule has 0 bridgehead atoms. The van der Waals surface area contributed by atoms with Crippen LogP contribution in [0.5, 0.6) is 0 Å². The summed E-state index contributed by atoms with van der Waals surface area (Å²) in [7, 11) is 0. The first kappa shape index (κ1) is 12.9. The van der Waals surface area contributed by atoms with E-state index in [0.29, 0.717) is 0 Å². The van der Waals surface area contributed by atoms with E-state index in [1.54, 1.807) is 0 Å². The van der Waals surface area contributed by atoms with E-state index >= 15 is 0 Å². The number of nitrogens with zero attached hydrogens (tertiary/aromatic N) is 1. The van der Waals surface area contributed by atoms with Crippen LogP contribution in [-0.4, -0.2) is 30.9 Å². The summed E-state index contributed by atoms with van der Waals surface area (Å²) in [5, 5.41) is 0. The summed E-state index contributed by atoms with van der Waals surface area (Å²) in [4.78, 5) is 5.92. The number of rotatable bonds is 8. The zero-order chi connectivity index (χ0) is 10.2. The van der Waals surface area contributed by atoms with Gasteiger partial charge in [0.2, 0.25) is 0 Å². The van der Waals surface area contributed by atoms with Crippen LogP contribution in [0.3, 0.4) is 0 Å². The van der Waals surface area contributed by atoms with Crippen LogP contribution in [0.15, 0.2) is 0 Å². The quantitative estimate of drug-likeness (QED) is 0.323. The van der Waals surface area contributed by atoms with Crippen molar-refractivity contribution in [1.82, 2.24) is 0 Å². The standard InChI is InChI=1S/C11H26NO/c1-5-9-10-11-13-12(6-2,7-3)8-4/h5-11H2,1-4H3/q+1. The van der Waals surface area contributed by atoms with Gasteiger partial charge in [-0.2, -0.15) is 4.65 Å². The molecule has 2 nitrogen and oxygen atoms in total. The molecule has 0 N–H and O–H groups in total. The molecule has 13 heavy (non-hydrogen) atoms. The lowest BCUT2D eigenvalue weighted by Gasteiger charge is -2.32. The van der Waals surface area contributed by atoms with Crippen LogP contribution in [0.2, 0.25) is 0 Å². The van der Waals surface area contributed by atoms with Gasteiger partial charge in [0, 0.05) is 0 Å². The van der Waals surface area contributed by atoms with Crippen LogP contribution in [0.4, 0.5) is 0 Å². The molecule has 0 rings (SSSR count). The van der Waals surface area contributed by atoms with Gasteiger partial charge in [-0.05, 0) is 27.2 Å². The number of unbranched alkanes of at least 4 members (excludes halogenated alkanes) is 2. The molecule has 0 saturated heterocycles. The van der Waals surface area contributed by atoms with E-state index in [1.165, 1.54) is 19.3 Å². The predicted octanol–water partition coefficient (Wildman–Crippen LogP) is 2.98. The maximum atomic E-state index is 5.92. The lowest BCUT2D eigenvalue weighted by atomic mass is 10.3. The molecule has 0 fully saturated rings. The second-order valence-electron chi connectivity index (χ2n) is 3.55. The van der Waals surface area contributed by atoms with Crippen LogP contribution in [-0.2, 0) is 4.84 Å². The fraction of sp³-hybridized carbons (Fsp3) is 1.00. The number of hydroxylamine groups is 3. The van der Waals surface area contributed by atoms with Crippen molar-refractivity contribution in [3.8, 4) is 0 Å². The third-order valence-electron chi connectivity index (χ3n) is 2.84. The van der Waals surface area contributed by atoms with Crippen molar-refractivity contribution in [2.24, 2.45) is 0 Å².